The first-order valence-electron chi connectivity index (χ1n) is 32.6. The summed E-state index contributed by atoms with van der Waals surface area (Å²) in [6.07, 6.45) is -11.7. The van der Waals surface area contributed by atoms with Crippen LogP contribution in [0.1, 0.15) is 179 Å². The lowest BCUT2D eigenvalue weighted by atomic mass is 9.73. The van der Waals surface area contributed by atoms with Crippen LogP contribution in [-0.4, -0.2) is 108 Å². The summed E-state index contributed by atoms with van der Waals surface area (Å²) in [6.45, 7) is 15.1. The van der Waals surface area contributed by atoms with E-state index < -0.39 is 219 Å². The second-order valence-corrected chi connectivity index (χ2v) is 24.3. The lowest BCUT2D eigenvalue weighted by Crippen LogP contribution is -2.42. The van der Waals surface area contributed by atoms with Crippen molar-refractivity contribution >= 4 is 89.5 Å². The molecule has 0 saturated heterocycles. The molecule has 3 aliphatic heterocycles. The van der Waals surface area contributed by atoms with Gasteiger partial charge in [-0.3, -0.25) is 71.9 Å². The van der Waals surface area contributed by atoms with Gasteiger partial charge in [0.1, 0.15) is 57.8 Å². The van der Waals surface area contributed by atoms with Gasteiger partial charge >= 0.3 is 89.5 Å². The fraction of sp³-hybridized carbons (Fsp3) is 0.320. The van der Waals surface area contributed by atoms with Crippen molar-refractivity contribution < 1.29 is 157 Å². The Bertz CT molecular complexity index is 4790. The number of ether oxygens (including phenoxy) is 18. The van der Waals surface area contributed by atoms with Gasteiger partial charge in [-0.15, -0.1) is 0 Å². The summed E-state index contributed by atoms with van der Waals surface area (Å²) in [5.74, 6) is -26.3. The van der Waals surface area contributed by atoms with Crippen LogP contribution in [-0.2, 0) is 92.5 Å². The predicted molar refractivity (Wildman–Crippen MR) is 359 cm³/mol. The van der Waals surface area contributed by atoms with Gasteiger partial charge in [0, 0.05) is 179 Å². The van der Waals surface area contributed by atoms with E-state index in [-0.39, 0.29) is 56.6 Å². The molecule has 33 nitrogen and oxygen atoms in total. The maximum absolute atomic E-state index is 14.4. The van der Waals surface area contributed by atoms with Gasteiger partial charge in [-0.1, -0.05) is 18.2 Å². The minimum atomic E-state index is -2.10. The van der Waals surface area contributed by atoms with Gasteiger partial charge in [0.25, 0.3) is 0 Å². The zero-order valence-electron chi connectivity index (χ0n) is 60.3. The fourth-order valence-electron chi connectivity index (χ4n) is 12.5. The Morgan fingerprint density at radius 2 is 0.565 bits per heavy atom. The molecular formula is C75H68O33. The zero-order valence-corrected chi connectivity index (χ0v) is 60.3. The smallest absolute Gasteiger partial charge is 0.308 e. The average Bonchev–Trinajstić information content (AvgIpc) is 0.703. The van der Waals surface area contributed by atoms with E-state index in [1.807, 2.05) is 0 Å². The van der Waals surface area contributed by atoms with Crippen LogP contribution in [0.4, 0.5) is 0 Å². The Hall–Kier alpha value is -13.2. The molecule has 0 fully saturated rings. The van der Waals surface area contributed by atoms with Crippen LogP contribution in [0, 0.1) is 0 Å². The average molecular weight is 1500 g/mol. The van der Waals surface area contributed by atoms with Gasteiger partial charge in [-0.2, -0.15) is 0 Å². The molecule has 6 aromatic carbocycles. The van der Waals surface area contributed by atoms with Gasteiger partial charge in [0.15, 0.2) is 65.0 Å². The van der Waals surface area contributed by atoms with E-state index in [4.69, 9.17) is 85.3 Å². The molecule has 0 N–H and O–H groups in total. The molecule has 0 bridgehead atoms. The minimum Gasteiger partial charge on any atom is -0.481 e. The van der Waals surface area contributed by atoms with Crippen molar-refractivity contribution in [2.75, 3.05) is 0 Å². The van der Waals surface area contributed by atoms with Crippen molar-refractivity contribution in [3.8, 4) is 86.2 Å². The third-order valence-electron chi connectivity index (χ3n) is 15.6. The van der Waals surface area contributed by atoms with Gasteiger partial charge < -0.3 is 85.3 Å². The quantitative estimate of drug-likeness (QED) is 0.0391. The molecule has 0 saturated carbocycles. The monoisotopic (exact) mass is 1500 g/mol. The molecule has 108 heavy (non-hydrogen) atoms. The second kappa shape index (κ2) is 32.8. The number of benzene rings is 6. The van der Waals surface area contributed by atoms with E-state index in [1.165, 1.54) is 36.4 Å². The summed E-state index contributed by atoms with van der Waals surface area (Å²) < 4.78 is 109. The highest BCUT2D eigenvalue weighted by atomic mass is 16.6. The molecule has 0 radical (unpaired) electrons. The lowest BCUT2D eigenvalue weighted by Gasteiger charge is -2.45. The lowest BCUT2D eigenvalue weighted by molar-refractivity contribution is -0.155. The molecule has 6 aromatic rings. The Labute approximate surface area is 612 Å². The first-order chi connectivity index (χ1) is 50.8. The van der Waals surface area contributed by atoms with Crippen LogP contribution in [0.2, 0.25) is 0 Å². The van der Waals surface area contributed by atoms with Crippen LogP contribution in [0.3, 0.4) is 0 Å². The predicted octanol–water partition coefficient (Wildman–Crippen LogP) is 8.79. The third kappa shape index (κ3) is 18.5. The van der Waals surface area contributed by atoms with E-state index in [1.54, 1.807) is 0 Å². The van der Waals surface area contributed by atoms with Crippen molar-refractivity contribution in [1.82, 2.24) is 0 Å². The van der Waals surface area contributed by atoms with Crippen LogP contribution in [0.5, 0.6) is 86.2 Å². The molecule has 0 spiro atoms. The molecule has 8 atom stereocenters. The fourth-order valence-corrected chi connectivity index (χ4v) is 12.5. The van der Waals surface area contributed by atoms with E-state index in [0.717, 1.165) is 146 Å². The SMILES string of the molecule is CC(=O)Oc1cc(OC(C)=O)c2c(c1)O[C@H](c1ccc(OC(C)=O)c(OC(C)=O)c1)[C@@H](OC(C)=O)[C@@H]2c1c(OC(C)=O)cc(OC(C)=O)c2c1O[C@H](c1ccc(OC(C)=O)c(OC(C)=O)c1)[C@@H](OC(C)=O)[C@@H]2c1c(OC(C)=O)cc(OC(C)=O)c2c1O[C@H](c1ccc(OC(C)=O)c(OC(C)=O)c1)[C@@H](OC(C)=O)C2. The van der Waals surface area contributed by atoms with Crippen molar-refractivity contribution in [3.05, 3.63) is 123 Å². The molecule has 33 heteroatoms. The maximum Gasteiger partial charge on any atom is 0.308 e. The van der Waals surface area contributed by atoms with E-state index >= 15 is 0 Å². The normalized spacial score (nSPS) is 17.8. The maximum atomic E-state index is 14.4. The van der Waals surface area contributed by atoms with Crippen molar-refractivity contribution in [1.29, 1.82) is 0 Å². The van der Waals surface area contributed by atoms with Crippen molar-refractivity contribution in [2.24, 2.45) is 0 Å². The van der Waals surface area contributed by atoms with Crippen molar-refractivity contribution in [3.63, 3.8) is 0 Å². The summed E-state index contributed by atoms with van der Waals surface area (Å²) in [6, 6.07) is 15.1. The van der Waals surface area contributed by atoms with E-state index in [9.17, 15) is 71.9 Å². The number of hydrogen-bond acceptors (Lipinski definition) is 33. The Morgan fingerprint density at radius 1 is 0.269 bits per heavy atom. The Balaban J connectivity index is 1.57. The van der Waals surface area contributed by atoms with Crippen LogP contribution in [0.25, 0.3) is 0 Å². The largest absolute Gasteiger partial charge is 0.481 e. The Morgan fingerprint density at radius 3 is 0.935 bits per heavy atom. The minimum absolute atomic E-state index is 0.0239. The number of carbonyl (C=O) groups is 15. The molecule has 566 valence electrons. The van der Waals surface area contributed by atoms with Crippen LogP contribution >= 0.6 is 0 Å². The van der Waals surface area contributed by atoms with Crippen LogP contribution < -0.4 is 71.1 Å². The molecule has 3 heterocycles. The van der Waals surface area contributed by atoms with E-state index in [0.29, 0.717) is 0 Å². The third-order valence-corrected chi connectivity index (χ3v) is 15.6. The molecule has 0 amide bonds. The first-order valence-corrected chi connectivity index (χ1v) is 32.6. The Kier molecular flexibility index (Phi) is 24.0. The molecule has 0 aliphatic carbocycles. The van der Waals surface area contributed by atoms with Gasteiger partial charge in [-0.05, 0) is 36.4 Å². The van der Waals surface area contributed by atoms with Gasteiger partial charge in [0.2, 0.25) is 0 Å². The highest BCUT2D eigenvalue weighted by molar-refractivity contribution is 5.83. The number of rotatable bonds is 20. The second-order valence-electron chi connectivity index (χ2n) is 24.3. The number of hydrogen-bond donors (Lipinski definition) is 0. The highest BCUT2D eigenvalue weighted by Crippen LogP contribution is 2.64. The molecule has 9 rings (SSSR count). The summed E-state index contributed by atoms with van der Waals surface area (Å²) in [4.78, 5) is 201. The topological polar surface area (TPSA) is 422 Å². The van der Waals surface area contributed by atoms with E-state index in [2.05, 4.69) is 0 Å². The number of fused-ring (bicyclic) bond motifs is 3. The van der Waals surface area contributed by atoms with Crippen LogP contribution in [0.15, 0.2) is 78.9 Å². The molecule has 0 aromatic heterocycles. The standard InChI is InChI=1S/C75H68O33/c1-30(76)91-48-25-57(99-38(9)84)63-58(26-48)106-70(46-17-20-51(93-32(3)78)55(23-46)97-36(7)82)74(104-43(14)89)67(63)65-60(101-40(11)86)29-61(102-41(12)87)66-68(75(105-44(15)90)71(108-73(65)66)47-18-21-52(94-33(4)79)56(24-47)98-37(8)83)64-59(100-39(10)85)28-53(95-34(5)80)49-27-62(103-42(13)88)69(107-72(49)64)45-16-19-50(92-31(2)77)54(22-45)96-35(6)81/h16-26,28-29,62,67-71,74-75H,27H2,1-15H3/t62-,67-,68+,69+,70+,71+,74-,75-/m0/s1. The summed E-state index contributed by atoms with van der Waals surface area (Å²) in [7, 11) is 0. The number of esters is 15. The van der Waals surface area contributed by atoms with Crippen molar-refractivity contribution in [2.45, 2.75) is 159 Å². The summed E-state index contributed by atoms with van der Waals surface area (Å²) in [5, 5.41) is 0. The first kappa shape index (κ1) is 78.9. The zero-order chi connectivity index (χ0) is 79.2. The summed E-state index contributed by atoms with van der Waals surface area (Å²) in [5.41, 5.74) is -2.38. The molecular weight excluding hydrogens is 1430 g/mol. The number of carbonyl (C=O) groups excluding carboxylic acids is 15. The highest BCUT2D eigenvalue weighted by Gasteiger charge is 2.55. The van der Waals surface area contributed by atoms with Gasteiger partial charge in [0.05, 0.1) is 11.8 Å². The summed E-state index contributed by atoms with van der Waals surface area (Å²) >= 11 is 0. The molecule has 0 unspecified atom stereocenters. The molecule has 3 aliphatic rings. The van der Waals surface area contributed by atoms with Gasteiger partial charge in [-0.25, -0.2) is 0 Å².